The van der Waals surface area contributed by atoms with Crippen LogP contribution in [0.4, 0.5) is 0 Å². The summed E-state index contributed by atoms with van der Waals surface area (Å²) in [6, 6.07) is 14.1. The molecule has 2 heterocycles. The van der Waals surface area contributed by atoms with Gasteiger partial charge in [0.1, 0.15) is 6.20 Å². The van der Waals surface area contributed by atoms with Gasteiger partial charge in [0, 0.05) is 16.7 Å². The van der Waals surface area contributed by atoms with E-state index in [0.717, 1.165) is 10.7 Å². The van der Waals surface area contributed by atoms with Gasteiger partial charge >= 0.3 is 0 Å². The van der Waals surface area contributed by atoms with Gasteiger partial charge in [0.25, 0.3) is 5.65 Å². The molecule has 0 aliphatic rings. The van der Waals surface area contributed by atoms with Crippen LogP contribution in [0.2, 0.25) is 5.02 Å². The van der Waals surface area contributed by atoms with Crippen molar-refractivity contribution in [3.05, 3.63) is 59.9 Å². The summed E-state index contributed by atoms with van der Waals surface area (Å²) in [6.07, 6.45) is 4.17. The Hall–Kier alpha value is -1.07. The molecule has 0 bridgehead atoms. The maximum atomic E-state index is 5.91. The molecular formula is C14H12ClIN2. The highest BCUT2D eigenvalue weighted by molar-refractivity contribution is 6.30. The molecule has 18 heavy (non-hydrogen) atoms. The fourth-order valence-corrected chi connectivity index (χ4v) is 2.20. The van der Waals surface area contributed by atoms with E-state index in [-0.39, 0.29) is 24.0 Å². The van der Waals surface area contributed by atoms with E-state index < -0.39 is 0 Å². The molecule has 0 spiro atoms. The number of imidazole rings is 1. The second-order valence-corrected chi connectivity index (χ2v) is 4.48. The highest BCUT2D eigenvalue weighted by atomic mass is 127. The summed E-state index contributed by atoms with van der Waals surface area (Å²) >= 11 is 5.91. The van der Waals surface area contributed by atoms with Crippen molar-refractivity contribution in [1.29, 1.82) is 0 Å². The number of nitrogens with zero attached hydrogens (tertiary/aromatic N) is 2. The van der Waals surface area contributed by atoms with Gasteiger partial charge in [0.15, 0.2) is 5.69 Å². The predicted molar refractivity (Wildman–Crippen MR) is 69.0 cm³/mol. The summed E-state index contributed by atoms with van der Waals surface area (Å²) in [5, 5.41) is 0.764. The average Bonchev–Trinajstić information content (AvgIpc) is 2.69. The molecule has 0 unspecified atom stereocenters. The first-order chi connectivity index (χ1) is 8.25. The molecule has 0 N–H and O–H groups in total. The monoisotopic (exact) mass is 370 g/mol. The maximum Gasteiger partial charge on any atom is 0.286 e. The van der Waals surface area contributed by atoms with E-state index >= 15 is 0 Å². The summed E-state index contributed by atoms with van der Waals surface area (Å²) in [5.74, 6) is 0. The number of aromatic nitrogens is 2. The van der Waals surface area contributed by atoms with E-state index in [4.69, 9.17) is 11.6 Å². The van der Waals surface area contributed by atoms with Crippen molar-refractivity contribution in [2.75, 3.05) is 0 Å². The van der Waals surface area contributed by atoms with E-state index in [9.17, 15) is 0 Å². The first-order valence-electron chi connectivity index (χ1n) is 5.47. The Morgan fingerprint density at radius 1 is 1.06 bits per heavy atom. The van der Waals surface area contributed by atoms with Gasteiger partial charge in [-0.3, -0.25) is 0 Å². The van der Waals surface area contributed by atoms with Gasteiger partial charge in [-0.05, 0) is 30.3 Å². The van der Waals surface area contributed by atoms with E-state index in [1.807, 2.05) is 36.4 Å². The molecule has 3 aromatic rings. The van der Waals surface area contributed by atoms with E-state index in [1.54, 1.807) is 0 Å². The van der Waals surface area contributed by atoms with Crippen LogP contribution in [-0.4, -0.2) is 4.57 Å². The van der Waals surface area contributed by atoms with Crippen molar-refractivity contribution in [2.45, 2.75) is 0 Å². The molecule has 0 amide bonds. The Bertz CT molecular complexity index is 674. The van der Waals surface area contributed by atoms with E-state index in [2.05, 4.69) is 34.5 Å². The molecule has 2 aromatic heterocycles. The molecule has 0 aliphatic heterocycles. The van der Waals surface area contributed by atoms with Crippen LogP contribution in [0.5, 0.6) is 0 Å². The minimum Gasteiger partial charge on any atom is -1.00 e. The van der Waals surface area contributed by atoms with Crippen LogP contribution in [0.1, 0.15) is 0 Å². The minimum absolute atomic E-state index is 0. The average molecular weight is 371 g/mol. The van der Waals surface area contributed by atoms with Gasteiger partial charge in [0.05, 0.1) is 13.2 Å². The van der Waals surface area contributed by atoms with E-state index in [1.165, 1.54) is 11.3 Å². The third-order valence-electron chi connectivity index (χ3n) is 2.97. The van der Waals surface area contributed by atoms with Crippen molar-refractivity contribution in [1.82, 2.24) is 4.57 Å². The molecule has 2 nitrogen and oxygen atoms in total. The number of rotatable bonds is 1. The molecule has 0 saturated carbocycles. The minimum atomic E-state index is 0. The van der Waals surface area contributed by atoms with Gasteiger partial charge in [-0.25, -0.2) is 8.97 Å². The van der Waals surface area contributed by atoms with Crippen LogP contribution in [0.3, 0.4) is 0 Å². The van der Waals surface area contributed by atoms with Gasteiger partial charge in [-0.15, -0.1) is 0 Å². The molecule has 92 valence electrons. The third kappa shape index (κ3) is 2.24. The van der Waals surface area contributed by atoms with Crippen LogP contribution in [0.25, 0.3) is 16.9 Å². The van der Waals surface area contributed by atoms with Crippen molar-refractivity contribution in [3.8, 4) is 11.3 Å². The topological polar surface area (TPSA) is 9.03 Å². The standard InChI is InChI=1S/C14H12ClN2.HI/c1-16-13(11-5-7-12(15)8-6-11)10-17-9-3-2-4-14(16)17;/h2-10H,1H3;1H/q+1;/p-1. The van der Waals surface area contributed by atoms with Gasteiger partial charge in [0.2, 0.25) is 0 Å². The van der Waals surface area contributed by atoms with Gasteiger partial charge < -0.3 is 24.0 Å². The van der Waals surface area contributed by atoms with Crippen LogP contribution in [-0.2, 0) is 7.05 Å². The van der Waals surface area contributed by atoms with Crippen molar-refractivity contribution in [2.24, 2.45) is 7.05 Å². The molecule has 1 aromatic carbocycles. The normalized spacial score (nSPS) is 10.3. The highest BCUT2D eigenvalue weighted by Gasteiger charge is 2.14. The lowest BCUT2D eigenvalue weighted by molar-refractivity contribution is -0.510. The van der Waals surface area contributed by atoms with Crippen molar-refractivity contribution < 1.29 is 28.4 Å². The van der Waals surface area contributed by atoms with E-state index in [0.29, 0.717) is 0 Å². The van der Waals surface area contributed by atoms with Crippen LogP contribution < -0.4 is 28.4 Å². The summed E-state index contributed by atoms with van der Waals surface area (Å²) in [7, 11) is 2.07. The molecule has 0 atom stereocenters. The maximum absolute atomic E-state index is 5.91. The van der Waals surface area contributed by atoms with Crippen LogP contribution in [0, 0.1) is 0 Å². The quantitative estimate of drug-likeness (QED) is 0.424. The smallest absolute Gasteiger partial charge is 0.286 e. The van der Waals surface area contributed by atoms with Crippen LogP contribution >= 0.6 is 11.6 Å². The summed E-state index contributed by atoms with van der Waals surface area (Å²) < 4.78 is 4.28. The van der Waals surface area contributed by atoms with Gasteiger partial charge in [-0.2, -0.15) is 0 Å². The highest BCUT2D eigenvalue weighted by Crippen LogP contribution is 2.21. The molecule has 0 aliphatic carbocycles. The lowest BCUT2D eigenvalue weighted by atomic mass is 10.2. The first-order valence-corrected chi connectivity index (χ1v) is 5.85. The second-order valence-electron chi connectivity index (χ2n) is 4.05. The number of halogens is 2. The number of aryl methyl sites for hydroxylation is 1. The largest absolute Gasteiger partial charge is 1.00 e. The Balaban J connectivity index is 0.00000120. The number of fused-ring (bicyclic) bond motifs is 1. The Morgan fingerprint density at radius 2 is 1.78 bits per heavy atom. The zero-order valence-electron chi connectivity index (χ0n) is 9.85. The number of hydrogen-bond acceptors (Lipinski definition) is 0. The molecule has 0 radical (unpaired) electrons. The number of benzene rings is 1. The fraction of sp³-hybridized carbons (Fsp3) is 0.0714. The Labute approximate surface area is 128 Å². The molecule has 0 fully saturated rings. The number of pyridine rings is 1. The first kappa shape index (κ1) is 13.4. The zero-order chi connectivity index (χ0) is 11.8. The predicted octanol–water partition coefficient (Wildman–Crippen LogP) is 0.0882. The molecular weight excluding hydrogens is 359 g/mol. The molecule has 0 saturated heterocycles. The van der Waals surface area contributed by atoms with Crippen molar-refractivity contribution >= 4 is 17.2 Å². The summed E-state index contributed by atoms with van der Waals surface area (Å²) in [6.45, 7) is 0. The summed E-state index contributed by atoms with van der Waals surface area (Å²) in [4.78, 5) is 0. The van der Waals surface area contributed by atoms with Gasteiger partial charge in [-0.1, -0.05) is 17.7 Å². The zero-order valence-corrected chi connectivity index (χ0v) is 12.8. The lowest BCUT2D eigenvalue weighted by Crippen LogP contribution is -3.00. The third-order valence-corrected chi connectivity index (χ3v) is 3.23. The fourth-order valence-electron chi connectivity index (χ4n) is 2.07. The van der Waals surface area contributed by atoms with Crippen LogP contribution in [0.15, 0.2) is 54.9 Å². The van der Waals surface area contributed by atoms with Crippen molar-refractivity contribution in [3.63, 3.8) is 0 Å². The lowest BCUT2D eigenvalue weighted by Gasteiger charge is -1.97. The SMILES string of the molecule is Cn1c(-c2ccc(Cl)cc2)c[n+]2ccccc12.[I-]. The Morgan fingerprint density at radius 3 is 2.44 bits per heavy atom. The Kier molecular flexibility index (Phi) is 3.92. The number of hydrogen-bond donors (Lipinski definition) is 0. The summed E-state index contributed by atoms with van der Waals surface area (Å²) in [5.41, 5.74) is 3.51. The molecule has 4 heteroatoms. The molecule has 3 rings (SSSR count). The second kappa shape index (κ2) is 5.28.